The van der Waals surface area contributed by atoms with Crippen LogP contribution in [0.1, 0.15) is 38.6 Å². The van der Waals surface area contributed by atoms with Crippen molar-refractivity contribution >= 4 is 17.4 Å². The van der Waals surface area contributed by atoms with Crippen molar-refractivity contribution in [1.29, 1.82) is 0 Å². The van der Waals surface area contributed by atoms with E-state index in [1.807, 2.05) is 6.92 Å². The molecule has 1 heterocycles. The number of halogens is 1. The molecule has 1 unspecified atom stereocenters. The molecule has 0 radical (unpaired) electrons. The Labute approximate surface area is 127 Å². The molecule has 5 heteroatoms. The van der Waals surface area contributed by atoms with E-state index < -0.39 is 0 Å². The number of anilines is 1. The van der Waals surface area contributed by atoms with Crippen molar-refractivity contribution in [2.24, 2.45) is 5.92 Å². The number of likely N-dealkylation sites (N-methyl/N-ethyl adjacent to an activating group) is 1. The van der Waals surface area contributed by atoms with Crippen LogP contribution in [0.25, 0.3) is 0 Å². The van der Waals surface area contributed by atoms with Crippen LogP contribution in [0.3, 0.4) is 0 Å². The van der Waals surface area contributed by atoms with Crippen molar-refractivity contribution in [2.75, 3.05) is 26.0 Å². The maximum atomic E-state index is 6.22. The number of nitrogens with one attached hydrogen (secondary N) is 1. The van der Waals surface area contributed by atoms with E-state index in [1.54, 1.807) is 0 Å². The van der Waals surface area contributed by atoms with Gasteiger partial charge in [0.25, 0.3) is 0 Å². The SMILES string of the molecule is CCCc1nc(Cl)c(C)c(NC(CN(C)C)C(C)C)n1. The van der Waals surface area contributed by atoms with E-state index in [9.17, 15) is 0 Å². The summed E-state index contributed by atoms with van der Waals surface area (Å²) in [6.45, 7) is 9.47. The monoisotopic (exact) mass is 298 g/mol. The molecule has 0 fully saturated rings. The van der Waals surface area contributed by atoms with Crippen molar-refractivity contribution < 1.29 is 0 Å². The van der Waals surface area contributed by atoms with Gasteiger partial charge in [-0.1, -0.05) is 32.4 Å². The zero-order chi connectivity index (χ0) is 15.3. The minimum absolute atomic E-state index is 0.337. The largest absolute Gasteiger partial charge is 0.365 e. The maximum absolute atomic E-state index is 6.22. The Bertz CT molecular complexity index is 432. The first-order valence-electron chi connectivity index (χ1n) is 7.29. The summed E-state index contributed by atoms with van der Waals surface area (Å²) in [7, 11) is 4.17. The molecule has 1 atom stereocenters. The lowest BCUT2D eigenvalue weighted by Crippen LogP contribution is -2.37. The summed E-state index contributed by atoms with van der Waals surface area (Å²) in [5, 5.41) is 4.09. The first-order valence-corrected chi connectivity index (χ1v) is 7.67. The predicted octanol–water partition coefficient (Wildman–Crippen LogP) is 3.39. The molecule has 0 saturated carbocycles. The first kappa shape index (κ1) is 17.2. The van der Waals surface area contributed by atoms with Crippen LogP contribution >= 0.6 is 11.6 Å². The normalized spacial score (nSPS) is 13.1. The van der Waals surface area contributed by atoms with E-state index in [2.05, 4.69) is 55.1 Å². The lowest BCUT2D eigenvalue weighted by atomic mass is 10.0. The van der Waals surface area contributed by atoms with Gasteiger partial charge in [0, 0.05) is 24.6 Å². The average molecular weight is 299 g/mol. The molecular weight excluding hydrogens is 272 g/mol. The second-order valence-corrected chi connectivity index (χ2v) is 6.27. The van der Waals surface area contributed by atoms with Gasteiger partial charge in [0.1, 0.15) is 16.8 Å². The smallest absolute Gasteiger partial charge is 0.137 e. The van der Waals surface area contributed by atoms with Crippen molar-refractivity contribution in [3.05, 3.63) is 16.5 Å². The summed E-state index contributed by atoms with van der Waals surface area (Å²) >= 11 is 6.22. The van der Waals surface area contributed by atoms with E-state index >= 15 is 0 Å². The van der Waals surface area contributed by atoms with Gasteiger partial charge in [0.15, 0.2) is 0 Å². The van der Waals surface area contributed by atoms with E-state index in [0.29, 0.717) is 17.1 Å². The van der Waals surface area contributed by atoms with Crippen molar-refractivity contribution in [2.45, 2.75) is 46.6 Å². The molecule has 0 aliphatic heterocycles. The van der Waals surface area contributed by atoms with Crippen molar-refractivity contribution in [3.63, 3.8) is 0 Å². The summed E-state index contributed by atoms with van der Waals surface area (Å²) in [4.78, 5) is 11.2. The van der Waals surface area contributed by atoms with Crippen LogP contribution in [0.2, 0.25) is 5.15 Å². The van der Waals surface area contributed by atoms with Crippen LogP contribution in [0.5, 0.6) is 0 Å². The Morgan fingerprint density at radius 2 is 1.90 bits per heavy atom. The van der Waals surface area contributed by atoms with Gasteiger partial charge in [-0.05, 0) is 33.4 Å². The number of hydrogen-bond acceptors (Lipinski definition) is 4. The van der Waals surface area contributed by atoms with Gasteiger partial charge in [-0.25, -0.2) is 9.97 Å². The van der Waals surface area contributed by atoms with Crippen molar-refractivity contribution in [3.8, 4) is 0 Å². The Kier molecular flexibility index (Phi) is 6.69. The molecule has 0 bridgehead atoms. The standard InChI is InChI=1S/C15H27ClN4/c1-7-8-13-18-14(16)11(4)15(19-13)17-12(10(2)3)9-20(5)6/h10,12H,7-9H2,1-6H3,(H,17,18,19). The van der Waals surface area contributed by atoms with Crippen LogP contribution in [0, 0.1) is 12.8 Å². The zero-order valence-corrected chi connectivity index (χ0v) is 14.3. The van der Waals surface area contributed by atoms with E-state index in [4.69, 9.17) is 11.6 Å². The summed E-state index contributed by atoms with van der Waals surface area (Å²) in [5.74, 6) is 2.20. The van der Waals surface area contributed by atoms with Crippen LogP contribution in [0.15, 0.2) is 0 Å². The second kappa shape index (κ2) is 7.79. The summed E-state index contributed by atoms with van der Waals surface area (Å²) in [6.07, 6.45) is 1.87. The maximum Gasteiger partial charge on any atom is 0.137 e. The molecule has 1 rings (SSSR count). The molecule has 1 aromatic heterocycles. The molecule has 20 heavy (non-hydrogen) atoms. The Hall–Kier alpha value is -0.870. The molecule has 0 saturated heterocycles. The number of hydrogen-bond donors (Lipinski definition) is 1. The molecular formula is C15H27ClN4. The highest BCUT2D eigenvalue weighted by Crippen LogP contribution is 2.22. The fourth-order valence-electron chi connectivity index (χ4n) is 2.00. The van der Waals surface area contributed by atoms with Crippen LogP contribution < -0.4 is 5.32 Å². The topological polar surface area (TPSA) is 41.1 Å². The van der Waals surface area contributed by atoms with Crippen LogP contribution in [0.4, 0.5) is 5.82 Å². The fraction of sp³-hybridized carbons (Fsp3) is 0.733. The third-order valence-electron chi connectivity index (χ3n) is 3.30. The number of rotatable bonds is 7. The molecule has 0 aromatic carbocycles. The highest BCUT2D eigenvalue weighted by molar-refractivity contribution is 6.30. The van der Waals surface area contributed by atoms with Gasteiger partial charge in [-0.3, -0.25) is 0 Å². The van der Waals surface area contributed by atoms with Crippen LogP contribution in [-0.2, 0) is 6.42 Å². The average Bonchev–Trinajstić information content (AvgIpc) is 2.34. The molecule has 114 valence electrons. The minimum atomic E-state index is 0.337. The minimum Gasteiger partial charge on any atom is -0.365 e. The molecule has 0 aliphatic rings. The Morgan fingerprint density at radius 3 is 2.40 bits per heavy atom. The van der Waals surface area contributed by atoms with Crippen molar-refractivity contribution in [1.82, 2.24) is 14.9 Å². The summed E-state index contributed by atoms with van der Waals surface area (Å²) in [6, 6.07) is 0.337. The molecule has 1 N–H and O–H groups in total. The zero-order valence-electron chi connectivity index (χ0n) is 13.5. The Balaban J connectivity index is 2.98. The molecule has 0 aliphatic carbocycles. The molecule has 0 amide bonds. The fourth-order valence-corrected chi connectivity index (χ4v) is 2.19. The lowest BCUT2D eigenvalue weighted by Gasteiger charge is -2.27. The lowest BCUT2D eigenvalue weighted by molar-refractivity contribution is 0.344. The van der Waals surface area contributed by atoms with Gasteiger partial charge in [-0.2, -0.15) is 0 Å². The van der Waals surface area contributed by atoms with E-state index in [-0.39, 0.29) is 0 Å². The Morgan fingerprint density at radius 1 is 1.25 bits per heavy atom. The number of aromatic nitrogens is 2. The highest BCUT2D eigenvalue weighted by atomic mass is 35.5. The first-order chi connectivity index (χ1) is 9.35. The number of nitrogens with zero attached hydrogens (tertiary/aromatic N) is 3. The van der Waals surface area contributed by atoms with Gasteiger partial charge >= 0.3 is 0 Å². The van der Waals surface area contributed by atoms with E-state index in [1.165, 1.54) is 0 Å². The molecule has 0 spiro atoms. The van der Waals surface area contributed by atoms with Gasteiger partial charge in [-0.15, -0.1) is 0 Å². The predicted molar refractivity (Wildman–Crippen MR) is 86.6 cm³/mol. The second-order valence-electron chi connectivity index (χ2n) is 5.91. The summed E-state index contributed by atoms with van der Waals surface area (Å²) in [5.41, 5.74) is 0.927. The third kappa shape index (κ3) is 4.91. The quantitative estimate of drug-likeness (QED) is 0.784. The van der Waals surface area contributed by atoms with E-state index in [0.717, 1.165) is 36.6 Å². The third-order valence-corrected chi connectivity index (χ3v) is 3.66. The molecule has 4 nitrogen and oxygen atoms in total. The highest BCUT2D eigenvalue weighted by Gasteiger charge is 2.17. The van der Waals surface area contributed by atoms with Crippen LogP contribution in [-0.4, -0.2) is 41.5 Å². The van der Waals surface area contributed by atoms with Gasteiger partial charge in [0.05, 0.1) is 0 Å². The van der Waals surface area contributed by atoms with Gasteiger partial charge < -0.3 is 10.2 Å². The number of aryl methyl sites for hydroxylation is 1. The van der Waals surface area contributed by atoms with Gasteiger partial charge in [0.2, 0.25) is 0 Å². The summed E-state index contributed by atoms with van der Waals surface area (Å²) < 4.78 is 0. The molecule has 1 aromatic rings.